The van der Waals surface area contributed by atoms with Gasteiger partial charge in [-0.2, -0.15) is 0 Å². The molecule has 1 aliphatic carbocycles. The Balaban J connectivity index is 2.60. The highest BCUT2D eigenvalue weighted by Gasteiger charge is 2.40. The Bertz CT molecular complexity index is 392. The molecule has 0 atom stereocenters. The van der Waals surface area contributed by atoms with Gasteiger partial charge < -0.3 is 21.7 Å². The summed E-state index contributed by atoms with van der Waals surface area (Å²) in [6.07, 6.45) is 6.10. The summed E-state index contributed by atoms with van der Waals surface area (Å²) in [5.74, 6) is -0.853. The molecule has 0 spiro atoms. The Kier molecular flexibility index (Phi) is 7.87. The number of hydrogen-bond acceptors (Lipinski definition) is 4. The molecule has 7 nitrogen and oxygen atoms in total. The first kappa shape index (κ1) is 18.4. The maximum absolute atomic E-state index is 12.5. The highest BCUT2D eigenvalue weighted by atomic mass is 16.2. The Morgan fingerprint density at radius 1 is 1.05 bits per heavy atom. The smallest absolute Gasteiger partial charge is 0.245 e. The van der Waals surface area contributed by atoms with Crippen LogP contribution in [0.5, 0.6) is 0 Å². The zero-order valence-corrected chi connectivity index (χ0v) is 13.4. The fourth-order valence-corrected chi connectivity index (χ4v) is 2.67. The van der Waals surface area contributed by atoms with Crippen LogP contribution in [0, 0.1) is 0 Å². The van der Waals surface area contributed by atoms with Crippen LogP contribution in [-0.2, 0) is 14.4 Å². The quantitative estimate of drug-likeness (QED) is 0.465. The number of carbonyl (C=O) groups excluding carboxylic acids is 3. The molecular formula is C15H28N4O3. The summed E-state index contributed by atoms with van der Waals surface area (Å²) in [7, 11) is 0. The third-order valence-corrected chi connectivity index (χ3v) is 3.97. The average molecular weight is 312 g/mol. The molecule has 0 heterocycles. The molecule has 5 N–H and O–H groups in total. The van der Waals surface area contributed by atoms with Crippen LogP contribution in [0.15, 0.2) is 0 Å². The zero-order valence-electron chi connectivity index (χ0n) is 13.4. The second-order valence-corrected chi connectivity index (χ2v) is 5.78. The predicted octanol–water partition coefficient (Wildman–Crippen LogP) is -0.203. The van der Waals surface area contributed by atoms with E-state index >= 15 is 0 Å². The van der Waals surface area contributed by atoms with Crippen molar-refractivity contribution < 1.29 is 14.4 Å². The van der Waals surface area contributed by atoms with E-state index in [9.17, 15) is 14.4 Å². The van der Waals surface area contributed by atoms with Crippen LogP contribution in [0.2, 0.25) is 0 Å². The highest BCUT2D eigenvalue weighted by molar-refractivity contribution is 5.93. The average Bonchev–Trinajstić information content (AvgIpc) is 2.53. The van der Waals surface area contributed by atoms with E-state index in [4.69, 9.17) is 5.73 Å². The second kappa shape index (κ2) is 9.40. The van der Waals surface area contributed by atoms with E-state index in [1.807, 2.05) is 0 Å². The molecule has 0 aliphatic heterocycles. The van der Waals surface area contributed by atoms with Gasteiger partial charge in [0.25, 0.3) is 0 Å². The van der Waals surface area contributed by atoms with E-state index in [-0.39, 0.29) is 30.8 Å². The minimum Gasteiger partial charge on any atom is -0.354 e. The Hall–Kier alpha value is -1.63. The number of amides is 3. The van der Waals surface area contributed by atoms with E-state index in [1.165, 1.54) is 0 Å². The van der Waals surface area contributed by atoms with Crippen LogP contribution >= 0.6 is 0 Å². The first-order valence-electron chi connectivity index (χ1n) is 8.10. The lowest BCUT2D eigenvalue weighted by Gasteiger charge is -2.36. The normalized spacial score (nSPS) is 16.6. The molecule has 0 radical (unpaired) electrons. The number of rotatable bonds is 8. The number of hydrogen-bond donors (Lipinski definition) is 4. The van der Waals surface area contributed by atoms with Crippen molar-refractivity contribution in [2.45, 2.75) is 57.4 Å². The lowest BCUT2D eigenvalue weighted by Crippen LogP contribution is -2.61. The SMILES string of the molecule is CCCCNC(=O)C1(NC(=O)CNC(=O)CN)CCCCC1. The van der Waals surface area contributed by atoms with E-state index < -0.39 is 5.54 Å². The van der Waals surface area contributed by atoms with Crippen LogP contribution in [0.1, 0.15) is 51.9 Å². The van der Waals surface area contributed by atoms with Gasteiger partial charge >= 0.3 is 0 Å². The third-order valence-electron chi connectivity index (χ3n) is 3.97. The summed E-state index contributed by atoms with van der Waals surface area (Å²) >= 11 is 0. The first-order chi connectivity index (χ1) is 10.5. The first-order valence-corrected chi connectivity index (χ1v) is 8.10. The third kappa shape index (κ3) is 5.63. The molecular weight excluding hydrogens is 284 g/mol. The van der Waals surface area contributed by atoms with Crippen molar-refractivity contribution >= 4 is 17.7 Å². The molecule has 1 aliphatic rings. The molecule has 22 heavy (non-hydrogen) atoms. The highest BCUT2D eigenvalue weighted by Crippen LogP contribution is 2.28. The van der Waals surface area contributed by atoms with Gasteiger partial charge in [0.2, 0.25) is 17.7 Å². The molecule has 0 aromatic heterocycles. The molecule has 0 aromatic rings. The van der Waals surface area contributed by atoms with Gasteiger partial charge in [-0.3, -0.25) is 14.4 Å². The minimum absolute atomic E-state index is 0.112. The number of carbonyl (C=O) groups is 3. The minimum atomic E-state index is -0.837. The van der Waals surface area contributed by atoms with Gasteiger partial charge in [0.05, 0.1) is 13.1 Å². The monoisotopic (exact) mass is 312 g/mol. The van der Waals surface area contributed by atoms with Crippen molar-refractivity contribution in [1.29, 1.82) is 0 Å². The standard InChI is InChI=1S/C15H28N4O3/c1-2-3-9-17-14(22)15(7-5-4-6-8-15)19-13(21)11-18-12(20)10-16/h2-11,16H2,1H3,(H,17,22)(H,18,20)(H,19,21). The van der Waals surface area contributed by atoms with Crippen molar-refractivity contribution in [2.75, 3.05) is 19.6 Å². The molecule has 7 heteroatoms. The Morgan fingerprint density at radius 2 is 1.73 bits per heavy atom. The van der Waals surface area contributed by atoms with Gasteiger partial charge in [0.1, 0.15) is 5.54 Å². The van der Waals surface area contributed by atoms with Crippen LogP contribution in [0.25, 0.3) is 0 Å². The van der Waals surface area contributed by atoms with Gasteiger partial charge in [0, 0.05) is 6.54 Å². The summed E-state index contributed by atoms with van der Waals surface area (Å²) in [5.41, 5.74) is 4.34. The van der Waals surface area contributed by atoms with Crippen LogP contribution in [-0.4, -0.2) is 42.9 Å². The second-order valence-electron chi connectivity index (χ2n) is 5.78. The van der Waals surface area contributed by atoms with E-state index in [0.29, 0.717) is 19.4 Å². The van der Waals surface area contributed by atoms with Gasteiger partial charge in [-0.25, -0.2) is 0 Å². The topological polar surface area (TPSA) is 113 Å². The molecule has 1 rings (SSSR count). The van der Waals surface area contributed by atoms with Crippen molar-refractivity contribution in [1.82, 2.24) is 16.0 Å². The molecule has 0 aromatic carbocycles. The van der Waals surface area contributed by atoms with E-state index in [0.717, 1.165) is 32.1 Å². The lowest BCUT2D eigenvalue weighted by atomic mass is 9.80. The Labute approximate surface area is 131 Å². The zero-order chi connectivity index (χ0) is 16.4. The Morgan fingerprint density at radius 3 is 2.32 bits per heavy atom. The largest absolute Gasteiger partial charge is 0.354 e. The summed E-state index contributed by atoms with van der Waals surface area (Å²) in [4.78, 5) is 35.6. The fourth-order valence-electron chi connectivity index (χ4n) is 2.67. The van der Waals surface area contributed by atoms with E-state index in [2.05, 4.69) is 22.9 Å². The summed E-state index contributed by atoms with van der Waals surface area (Å²) in [5, 5.41) is 8.17. The van der Waals surface area contributed by atoms with Crippen molar-refractivity contribution in [3.05, 3.63) is 0 Å². The van der Waals surface area contributed by atoms with Crippen molar-refractivity contribution in [3.8, 4) is 0 Å². The predicted molar refractivity (Wildman–Crippen MR) is 83.9 cm³/mol. The summed E-state index contributed by atoms with van der Waals surface area (Å²) in [6.45, 7) is 2.37. The van der Waals surface area contributed by atoms with Crippen LogP contribution in [0.3, 0.4) is 0 Å². The van der Waals surface area contributed by atoms with Gasteiger partial charge in [-0.15, -0.1) is 0 Å². The molecule has 1 fully saturated rings. The molecule has 0 unspecified atom stereocenters. The molecule has 0 saturated heterocycles. The van der Waals surface area contributed by atoms with Crippen molar-refractivity contribution in [2.24, 2.45) is 5.73 Å². The summed E-state index contributed by atoms with van der Waals surface area (Å²) in [6, 6.07) is 0. The number of unbranched alkanes of at least 4 members (excludes halogenated alkanes) is 1. The molecule has 1 saturated carbocycles. The molecule has 3 amide bonds. The fraction of sp³-hybridized carbons (Fsp3) is 0.800. The van der Waals surface area contributed by atoms with Crippen molar-refractivity contribution in [3.63, 3.8) is 0 Å². The maximum Gasteiger partial charge on any atom is 0.245 e. The van der Waals surface area contributed by atoms with Gasteiger partial charge in [0.15, 0.2) is 0 Å². The van der Waals surface area contributed by atoms with Crippen LogP contribution in [0.4, 0.5) is 0 Å². The molecule has 126 valence electrons. The number of nitrogens with one attached hydrogen (secondary N) is 3. The van der Waals surface area contributed by atoms with E-state index in [1.54, 1.807) is 0 Å². The lowest BCUT2D eigenvalue weighted by molar-refractivity contribution is -0.135. The van der Waals surface area contributed by atoms with Gasteiger partial charge in [-0.1, -0.05) is 32.6 Å². The maximum atomic E-state index is 12.5. The van der Waals surface area contributed by atoms with Crippen LogP contribution < -0.4 is 21.7 Å². The van der Waals surface area contributed by atoms with Gasteiger partial charge in [-0.05, 0) is 19.3 Å². The number of nitrogens with two attached hydrogens (primary N) is 1. The summed E-state index contributed by atoms with van der Waals surface area (Å²) < 4.78 is 0. The molecule has 0 bridgehead atoms.